The molecule has 14 heavy (non-hydrogen) atoms. The van der Waals surface area contributed by atoms with Crippen LogP contribution >= 0.6 is 0 Å². The molecule has 1 fully saturated rings. The number of amides is 2. The number of carbonyl (C=O) groups excluding carboxylic acids is 1. The van der Waals surface area contributed by atoms with Crippen LogP contribution < -0.4 is 10.6 Å². The predicted molar refractivity (Wildman–Crippen MR) is 55.1 cm³/mol. The van der Waals surface area contributed by atoms with Crippen molar-refractivity contribution >= 4 is 6.03 Å². The maximum Gasteiger partial charge on any atom is 0.315 e. The van der Waals surface area contributed by atoms with Crippen LogP contribution in [0.5, 0.6) is 0 Å². The lowest BCUT2D eigenvalue weighted by Crippen LogP contribution is -2.41. The summed E-state index contributed by atoms with van der Waals surface area (Å²) in [6, 6.07) is 0.263. The van der Waals surface area contributed by atoms with Crippen LogP contribution in [0.3, 0.4) is 0 Å². The van der Waals surface area contributed by atoms with Crippen LogP contribution in [0.15, 0.2) is 0 Å². The second-order valence-electron chi connectivity index (χ2n) is 4.02. The molecule has 0 aromatic carbocycles. The van der Waals surface area contributed by atoms with Crippen molar-refractivity contribution in [3.63, 3.8) is 0 Å². The van der Waals surface area contributed by atoms with Gasteiger partial charge in [-0.15, -0.1) is 0 Å². The van der Waals surface area contributed by atoms with Crippen molar-refractivity contribution in [1.82, 2.24) is 10.6 Å². The molecule has 4 heteroatoms. The third-order valence-electron chi connectivity index (χ3n) is 2.54. The van der Waals surface area contributed by atoms with Gasteiger partial charge in [0, 0.05) is 12.6 Å². The molecular formula is C10H20N2O2. The zero-order valence-electron chi connectivity index (χ0n) is 8.75. The van der Waals surface area contributed by atoms with Crippen LogP contribution in [0.2, 0.25) is 0 Å². The molecule has 0 bridgehead atoms. The topological polar surface area (TPSA) is 61.4 Å². The van der Waals surface area contributed by atoms with Crippen LogP contribution in [-0.2, 0) is 0 Å². The van der Waals surface area contributed by atoms with E-state index in [0.29, 0.717) is 19.0 Å². The lowest BCUT2D eigenvalue weighted by molar-refractivity contribution is 0.183. The van der Waals surface area contributed by atoms with Gasteiger partial charge in [-0.25, -0.2) is 4.79 Å². The molecule has 4 nitrogen and oxygen atoms in total. The lowest BCUT2D eigenvalue weighted by atomic mass is 10.2. The number of carbonyl (C=O) groups is 1. The molecule has 0 heterocycles. The number of aliphatic hydroxyl groups excluding tert-OH is 1. The fourth-order valence-corrected chi connectivity index (χ4v) is 1.70. The summed E-state index contributed by atoms with van der Waals surface area (Å²) in [5.41, 5.74) is 0. The van der Waals surface area contributed by atoms with Gasteiger partial charge < -0.3 is 15.7 Å². The first-order chi connectivity index (χ1) is 6.68. The molecule has 0 aliphatic heterocycles. The van der Waals surface area contributed by atoms with Gasteiger partial charge in [-0.1, -0.05) is 12.8 Å². The highest BCUT2D eigenvalue weighted by atomic mass is 16.3. The van der Waals surface area contributed by atoms with Crippen LogP contribution in [0, 0.1) is 0 Å². The van der Waals surface area contributed by atoms with Crippen molar-refractivity contribution in [2.75, 3.05) is 6.54 Å². The number of hydrogen-bond donors (Lipinski definition) is 3. The summed E-state index contributed by atoms with van der Waals surface area (Å²) in [6.07, 6.45) is 4.91. The number of urea groups is 1. The van der Waals surface area contributed by atoms with Crippen molar-refractivity contribution in [2.45, 2.75) is 51.2 Å². The van der Waals surface area contributed by atoms with E-state index in [1.54, 1.807) is 6.92 Å². The minimum Gasteiger partial charge on any atom is -0.393 e. The minimum atomic E-state index is -0.346. The smallest absolute Gasteiger partial charge is 0.315 e. The first-order valence-electron chi connectivity index (χ1n) is 5.41. The van der Waals surface area contributed by atoms with E-state index in [4.69, 9.17) is 5.11 Å². The summed E-state index contributed by atoms with van der Waals surface area (Å²) >= 11 is 0. The van der Waals surface area contributed by atoms with E-state index in [1.807, 2.05) is 0 Å². The Morgan fingerprint density at radius 3 is 2.71 bits per heavy atom. The van der Waals surface area contributed by atoms with Gasteiger partial charge >= 0.3 is 6.03 Å². The standard InChI is InChI=1S/C10H20N2O2/c1-8(13)6-7-11-10(14)12-9-4-2-3-5-9/h8-9,13H,2-7H2,1H3,(H2,11,12,14). The number of hydrogen-bond acceptors (Lipinski definition) is 2. The van der Waals surface area contributed by atoms with Crippen molar-refractivity contribution in [2.24, 2.45) is 0 Å². The molecule has 1 rings (SSSR count). The van der Waals surface area contributed by atoms with E-state index >= 15 is 0 Å². The van der Waals surface area contributed by atoms with Gasteiger partial charge in [0.1, 0.15) is 0 Å². The number of aliphatic hydroxyl groups is 1. The van der Waals surface area contributed by atoms with E-state index in [9.17, 15) is 4.79 Å². The first-order valence-corrected chi connectivity index (χ1v) is 5.41. The summed E-state index contributed by atoms with van der Waals surface area (Å²) in [4.78, 5) is 11.3. The average Bonchev–Trinajstić information content (AvgIpc) is 2.56. The largest absolute Gasteiger partial charge is 0.393 e. The molecule has 0 spiro atoms. The van der Waals surface area contributed by atoms with E-state index < -0.39 is 0 Å². The summed E-state index contributed by atoms with van der Waals surface area (Å²) in [5.74, 6) is 0. The SMILES string of the molecule is CC(O)CCNC(=O)NC1CCCC1. The van der Waals surface area contributed by atoms with Gasteiger partial charge in [0.05, 0.1) is 6.10 Å². The fraction of sp³-hybridized carbons (Fsp3) is 0.900. The Morgan fingerprint density at radius 2 is 2.14 bits per heavy atom. The average molecular weight is 200 g/mol. The van der Waals surface area contributed by atoms with Gasteiger partial charge in [0.15, 0.2) is 0 Å². The van der Waals surface area contributed by atoms with E-state index in [1.165, 1.54) is 12.8 Å². The Bertz CT molecular complexity index is 177. The van der Waals surface area contributed by atoms with Crippen molar-refractivity contribution in [3.05, 3.63) is 0 Å². The normalized spacial score (nSPS) is 19.3. The van der Waals surface area contributed by atoms with Gasteiger partial charge in [0.25, 0.3) is 0 Å². The predicted octanol–water partition coefficient (Wildman–Crippen LogP) is 0.999. The zero-order valence-corrected chi connectivity index (χ0v) is 8.75. The molecule has 0 aromatic heterocycles. The Morgan fingerprint density at radius 1 is 1.50 bits per heavy atom. The molecule has 0 aromatic rings. The fourth-order valence-electron chi connectivity index (χ4n) is 1.70. The molecule has 82 valence electrons. The van der Waals surface area contributed by atoms with E-state index in [-0.39, 0.29) is 12.1 Å². The molecule has 1 aliphatic rings. The Kier molecular flexibility index (Phi) is 4.73. The molecule has 0 radical (unpaired) electrons. The van der Waals surface area contributed by atoms with Crippen LogP contribution in [-0.4, -0.2) is 29.8 Å². The lowest BCUT2D eigenvalue weighted by Gasteiger charge is -2.13. The second kappa shape index (κ2) is 5.86. The third kappa shape index (κ3) is 4.46. The molecular weight excluding hydrogens is 180 g/mol. The second-order valence-corrected chi connectivity index (χ2v) is 4.02. The monoisotopic (exact) mass is 200 g/mol. The van der Waals surface area contributed by atoms with Crippen molar-refractivity contribution < 1.29 is 9.90 Å². The summed E-state index contributed by atoms with van der Waals surface area (Å²) in [6.45, 7) is 2.26. The minimum absolute atomic E-state index is 0.0995. The quantitative estimate of drug-likeness (QED) is 0.634. The maximum atomic E-state index is 11.3. The number of rotatable bonds is 4. The van der Waals surface area contributed by atoms with Gasteiger partial charge in [-0.3, -0.25) is 0 Å². The number of nitrogens with one attached hydrogen (secondary N) is 2. The first kappa shape index (κ1) is 11.3. The Balaban J connectivity index is 2.03. The van der Waals surface area contributed by atoms with Crippen LogP contribution in [0.25, 0.3) is 0 Å². The van der Waals surface area contributed by atoms with E-state index in [0.717, 1.165) is 12.8 Å². The van der Waals surface area contributed by atoms with Crippen molar-refractivity contribution in [3.8, 4) is 0 Å². The highest BCUT2D eigenvalue weighted by Gasteiger charge is 2.16. The van der Waals surface area contributed by atoms with Crippen molar-refractivity contribution in [1.29, 1.82) is 0 Å². The molecule has 3 N–H and O–H groups in total. The molecule has 1 aliphatic carbocycles. The summed E-state index contributed by atoms with van der Waals surface area (Å²) < 4.78 is 0. The molecule has 0 saturated heterocycles. The van der Waals surface area contributed by atoms with Crippen LogP contribution in [0.4, 0.5) is 4.79 Å². The van der Waals surface area contributed by atoms with Crippen LogP contribution in [0.1, 0.15) is 39.0 Å². The molecule has 2 amide bonds. The molecule has 1 atom stereocenters. The molecule has 1 saturated carbocycles. The highest BCUT2D eigenvalue weighted by molar-refractivity contribution is 5.74. The van der Waals surface area contributed by atoms with Gasteiger partial charge in [-0.2, -0.15) is 0 Å². The van der Waals surface area contributed by atoms with E-state index in [2.05, 4.69) is 10.6 Å². The maximum absolute atomic E-state index is 11.3. The third-order valence-corrected chi connectivity index (χ3v) is 2.54. The van der Waals surface area contributed by atoms with Gasteiger partial charge in [-0.05, 0) is 26.2 Å². The Labute approximate surface area is 85.1 Å². The summed E-state index contributed by atoms with van der Waals surface area (Å²) in [7, 11) is 0. The van der Waals surface area contributed by atoms with Gasteiger partial charge in [0.2, 0.25) is 0 Å². The highest BCUT2D eigenvalue weighted by Crippen LogP contribution is 2.17. The Hall–Kier alpha value is -0.770. The summed E-state index contributed by atoms with van der Waals surface area (Å²) in [5, 5.41) is 14.6. The molecule has 1 unspecified atom stereocenters. The zero-order chi connectivity index (χ0) is 10.4.